The molecule has 1 aliphatic heterocycles. The van der Waals surface area contributed by atoms with Crippen molar-refractivity contribution in [2.24, 2.45) is 0 Å². The number of ether oxygens (including phenoxy) is 2. The molecular weight excluding hydrogens is 288 g/mol. The van der Waals surface area contributed by atoms with Gasteiger partial charge >= 0.3 is 17.9 Å². The monoisotopic (exact) mass is 304 g/mol. The van der Waals surface area contributed by atoms with Gasteiger partial charge in [-0.2, -0.15) is 0 Å². The highest BCUT2D eigenvalue weighted by molar-refractivity contribution is 6.25. The fourth-order valence-corrected chi connectivity index (χ4v) is 0.580. The molecule has 0 spiro atoms. The van der Waals surface area contributed by atoms with Crippen LogP contribution in [0.2, 0.25) is 0 Å². The number of cyclic esters (lactones) is 2. The van der Waals surface area contributed by atoms with Gasteiger partial charge in [-0.3, -0.25) is 9.59 Å². The quantitative estimate of drug-likeness (QED) is 0.344. The number of aliphatic hydroxyl groups is 1. The minimum absolute atomic E-state index is 0.196. The minimum atomic E-state index is -1.22. The number of halogens is 1. The lowest BCUT2D eigenvalue weighted by atomic mass is 10.3. The van der Waals surface area contributed by atoms with Crippen molar-refractivity contribution in [3.05, 3.63) is 43.8 Å². The van der Waals surface area contributed by atoms with Gasteiger partial charge in [-0.1, -0.05) is 37.9 Å². The Kier molecular flexibility index (Phi) is 19.4. The first-order valence-corrected chi connectivity index (χ1v) is 5.45. The topological polar surface area (TPSA) is 89.9 Å². The number of hydrogen-bond donors (Lipinski definition) is 1. The van der Waals surface area contributed by atoms with Crippen LogP contribution < -0.4 is 0 Å². The third kappa shape index (κ3) is 21.2. The summed E-state index contributed by atoms with van der Waals surface area (Å²) < 4.78 is 8.11. The lowest BCUT2D eigenvalue weighted by molar-refractivity contribution is -0.154. The maximum absolute atomic E-state index is 10.1. The molecule has 1 saturated heterocycles. The first-order chi connectivity index (χ1) is 9.30. The lowest BCUT2D eigenvalue weighted by Crippen LogP contribution is -2.11. The summed E-state index contributed by atoms with van der Waals surface area (Å²) in [5.41, 5.74) is 3.47. The highest BCUT2D eigenvalue weighted by Crippen LogP contribution is 2.05. The van der Waals surface area contributed by atoms with Crippen LogP contribution in [-0.4, -0.2) is 29.1 Å². The molecule has 0 radical (unpaired) electrons. The Balaban J connectivity index is -0.000000214. The molecule has 0 saturated carbocycles. The molecule has 1 aliphatic rings. The summed E-state index contributed by atoms with van der Waals surface area (Å²) in [4.78, 5) is 29.9. The summed E-state index contributed by atoms with van der Waals surface area (Å²) >= 11 is 4.76. The minimum Gasteiger partial charge on any atom is -0.435 e. The van der Waals surface area contributed by atoms with E-state index in [1.165, 1.54) is 12.5 Å². The normalized spacial score (nSPS) is 14.4. The second kappa shape index (κ2) is 16.9. The molecule has 6 nitrogen and oxygen atoms in total. The molecule has 7 heteroatoms. The van der Waals surface area contributed by atoms with E-state index < -0.39 is 18.0 Å². The van der Waals surface area contributed by atoms with Gasteiger partial charge in [-0.15, -0.1) is 5.73 Å². The molecule has 0 amide bonds. The number of aliphatic hydroxyl groups excluding tert-OH is 1. The summed E-state index contributed by atoms with van der Waals surface area (Å²) in [6.45, 7) is 13.9. The van der Waals surface area contributed by atoms with Crippen molar-refractivity contribution in [1.29, 1.82) is 0 Å². The van der Waals surface area contributed by atoms with E-state index >= 15 is 0 Å². The Labute approximate surface area is 122 Å². The van der Waals surface area contributed by atoms with Crippen molar-refractivity contribution in [1.82, 2.24) is 0 Å². The second-order valence-corrected chi connectivity index (χ2v) is 3.00. The Morgan fingerprint density at radius 3 is 1.95 bits per heavy atom. The van der Waals surface area contributed by atoms with Crippen LogP contribution in [0.5, 0.6) is 0 Å². The van der Waals surface area contributed by atoms with E-state index in [9.17, 15) is 14.4 Å². The molecule has 20 heavy (non-hydrogen) atoms. The van der Waals surface area contributed by atoms with Crippen molar-refractivity contribution >= 4 is 29.5 Å². The molecule has 1 unspecified atom stereocenters. The molecule has 0 bridgehead atoms. The van der Waals surface area contributed by atoms with Crippen LogP contribution >= 0.6 is 11.6 Å². The smallest absolute Gasteiger partial charge is 0.343 e. The highest BCUT2D eigenvalue weighted by Gasteiger charge is 2.30. The molecule has 0 aromatic rings. The zero-order valence-electron chi connectivity index (χ0n) is 11.1. The number of carbonyl (C=O) groups excluding carboxylic acids is 3. The standard InChI is InChI=1S/C4H4O4.C4H6O2.C3H4.C2H3Cl/c5-2-1-3(6)8-4(2)7;1-3-6-4(2)5;1-3-2;1-2-3/h2,5H,1H2;3H,1H2,2H3;1-2H2;2H,1H2. The van der Waals surface area contributed by atoms with E-state index in [0.29, 0.717) is 0 Å². The molecule has 0 aromatic carbocycles. The summed E-state index contributed by atoms with van der Waals surface area (Å²) in [6, 6.07) is 0. The molecule has 1 heterocycles. The number of esters is 3. The highest BCUT2D eigenvalue weighted by atomic mass is 35.5. The molecule has 1 rings (SSSR count). The molecule has 1 fully saturated rings. The molecule has 0 aromatic heterocycles. The molecular formula is C13H17ClO6. The van der Waals surface area contributed by atoms with Crippen molar-refractivity contribution in [2.45, 2.75) is 19.4 Å². The van der Waals surface area contributed by atoms with E-state index in [0.717, 1.165) is 6.26 Å². The summed E-state index contributed by atoms with van der Waals surface area (Å²) in [5.74, 6) is -1.82. The van der Waals surface area contributed by atoms with Crippen LogP contribution in [0.25, 0.3) is 0 Å². The van der Waals surface area contributed by atoms with Crippen LogP contribution in [0.4, 0.5) is 0 Å². The molecule has 112 valence electrons. The van der Waals surface area contributed by atoms with Crippen molar-refractivity contribution in [3.63, 3.8) is 0 Å². The van der Waals surface area contributed by atoms with Crippen LogP contribution in [0.3, 0.4) is 0 Å². The second-order valence-electron chi connectivity index (χ2n) is 2.69. The zero-order valence-corrected chi connectivity index (χ0v) is 11.9. The fourth-order valence-electron chi connectivity index (χ4n) is 0.580. The predicted octanol–water partition coefficient (Wildman–Crippen LogP) is 1.84. The Morgan fingerprint density at radius 1 is 1.50 bits per heavy atom. The Morgan fingerprint density at radius 2 is 1.90 bits per heavy atom. The van der Waals surface area contributed by atoms with E-state index in [2.05, 4.69) is 41.5 Å². The van der Waals surface area contributed by atoms with E-state index in [-0.39, 0.29) is 12.4 Å². The third-order valence-corrected chi connectivity index (χ3v) is 1.10. The van der Waals surface area contributed by atoms with Gasteiger partial charge in [-0.05, 0) is 5.54 Å². The average molecular weight is 305 g/mol. The lowest BCUT2D eigenvalue weighted by Gasteiger charge is -1.86. The van der Waals surface area contributed by atoms with Crippen LogP contribution in [0, 0.1) is 0 Å². The largest absolute Gasteiger partial charge is 0.435 e. The van der Waals surface area contributed by atoms with Gasteiger partial charge < -0.3 is 14.6 Å². The van der Waals surface area contributed by atoms with Crippen molar-refractivity contribution < 1.29 is 29.0 Å². The average Bonchev–Trinajstić information content (AvgIpc) is 2.58. The number of rotatable bonds is 1. The Hall–Kier alpha value is -2.14. The van der Waals surface area contributed by atoms with Gasteiger partial charge in [0.2, 0.25) is 0 Å². The van der Waals surface area contributed by atoms with Crippen molar-refractivity contribution in [2.75, 3.05) is 0 Å². The van der Waals surface area contributed by atoms with Crippen LogP contribution in [0.1, 0.15) is 13.3 Å². The summed E-state index contributed by atoms with van der Waals surface area (Å²) in [6.07, 6.45) is -0.316. The first-order valence-electron chi connectivity index (χ1n) is 5.01. The van der Waals surface area contributed by atoms with E-state index in [1.54, 1.807) is 0 Å². The molecule has 1 atom stereocenters. The van der Waals surface area contributed by atoms with Crippen molar-refractivity contribution in [3.8, 4) is 0 Å². The summed E-state index contributed by atoms with van der Waals surface area (Å²) in [7, 11) is 0. The number of hydrogen-bond acceptors (Lipinski definition) is 6. The zero-order chi connectivity index (χ0) is 16.6. The molecule has 0 aliphatic carbocycles. The SMILES string of the molecule is C=C=C.C=CCl.C=COC(C)=O.O=C1CC(O)C(=O)O1. The fraction of sp³-hybridized carbons (Fsp3) is 0.231. The third-order valence-electron chi connectivity index (χ3n) is 1.10. The van der Waals surface area contributed by atoms with Gasteiger partial charge in [0.05, 0.1) is 12.7 Å². The summed E-state index contributed by atoms with van der Waals surface area (Å²) in [5, 5.41) is 8.47. The van der Waals surface area contributed by atoms with Crippen LogP contribution in [0.15, 0.2) is 43.8 Å². The van der Waals surface area contributed by atoms with Gasteiger partial charge in [0, 0.05) is 6.92 Å². The van der Waals surface area contributed by atoms with Gasteiger partial charge in [0.25, 0.3) is 0 Å². The van der Waals surface area contributed by atoms with Gasteiger partial charge in [0.1, 0.15) is 0 Å². The first kappa shape index (κ1) is 23.0. The predicted molar refractivity (Wildman–Crippen MR) is 74.5 cm³/mol. The maximum atomic E-state index is 10.1. The Bertz CT molecular complexity index is 369. The van der Waals surface area contributed by atoms with Gasteiger partial charge in [0.15, 0.2) is 6.10 Å². The number of carbonyl (C=O) groups is 3. The van der Waals surface area contributed by atoms with Crippen LogP contribution in [-0.2, 0) is 23.9 Å². The molecule has 1 N–H and O–H groups in total. The maximum Gasteiger partial charge on any atom is 0.343 e. The van der Waals surface area contributed by atoms with E-state index in [1.807, 2.05) is 0 Å². The van der Waals surface area contributed by atoms with E-state index in [4.69, 9.17) is 16.7 Å². The van der Waals surface area contributed by atoms with Gasteiger partial charge in [-0.25, -0.2) is 4.79 Å².